The Balaban J connectivity index is 2.17. The van der Waals surface area contributed by atoms with Gasteiger partial charge in [-0.25, -0.2) is 0 Å². The maximum Gasteiger partial charge on any atom is 0.244 e. The minimum absolute atomic E-state index is 0.00620. The molecule has 1 aliphatic rings. The maximum absolute atomic E-state index is 12.4. The van der Waals surface area contributed by atoms with Crippen molar-refractivity contribution < 1.29 is 4.79 Å². The first-order valence-corrected chi connectivity index (χ1v) is 7.79. The zero-order valence-corrected chi connectivity index (χ0v) is 13.2. The fourth-order valence-electron chi connectivity index (χ4n) is 2.53. The number of hydrogen-bond acceptors (Lipinski definition) is 2. The lowest BCUT2D eigenvalue weighted by Crippen LogP contribution is -2.38. The van der Waals surface area contributed by atoms with Crippen molar-refractivity contribution in [3.05, 3.63) is 28.2 Å². The van der Waals surface area contributed by atoms with Gasteiger partial charge in [0.05, 0.1) is 6.04 Å². The van der Waals surface area contributed by atoms with Gasteiger partial charge in [-0.05, 0) is 49.6 Å². The van der Waals surface area contributed by atoms with Gasteiger partial charge in [0.25, 0.3) is 0 Å². The molecule has 0 aromatic heterocycles. The fourth-order valence-corrected chi connectivity index (χ4v) is 2.94. The van der Waals surface area contributed by atoms with Crippen LogP contribution in [0.5, 0.6) is 0 Å². The van der Waals surface area contributed by atoms with E-state index in [1.165, 1.54) is 5.56 Å². The highest BCUT2D eigenvalue weighted by Gasteiger charge is 2.32. The molecule has 1 fully saturated rings. The number of carbonyl (C=O) groups is 1. The molecule has 1 unspecified atom stereocenters. The number of aryl methyl sites for hydroxylation is 1. The molecule has 1 amide bonds. The third-order valence-corrected chi connectivity index (χ3v) is 4.05. The molecule has 2 rings (SSSR count). The summed E-state index contributed by atoms with van der Waals surface area (Å²) in [6, 6.07) is 6.15. The molecule has 19 heavy (non-hydrogen) atoms. The van der Waals surface area contributed by atoms with Gasteiger partial charge < -0.3 is 10.2 Å². The SMILES string of the molecule is CCCNC1CCN(c2ccc(Br)cc2CC)C1=O. The summed E-state index contributed by atoms with van der Waals surface area (Å²) in [5, 5.41) is 3.33. The molecule has 4 heteroatoms. The number of amides is 1. The summed E-state index contributed by atoms with van der Waals surface area (Å²) in [5.41, 5.74) is 2.29. The van der Waals surface area contributed by atoms with Crippen molar-refractivity contribution in [3.8, 4) is 0 Å². The van der Waals surface area contributed by atoms with Crippen LogP contribution in [0.3, 0.4) is 0 Å². The summed E-state index contributed by atoms with van der Waals surface area (Å²) in [4.78, 5) is 14.3. The van der Waals surface area contributed by atoms with E-state index in [1.807, 2.05) is 17.0 Å². The van der Waals surface area contributed by atoms with Gasteiger partial charge in [0, 0.05) is 16.7 Å². The largest absolute Gasteiger partial charge is 0.311 e. The van der Waals surface area contributed by atoms with Gasteiger partial charge in [-0.2, -0.15) is 0 Å². The molecule has 0 spiro atoms. The van der Waals surface area contributed by atoms with Crippen LogP contribution in [0.4, 0.5) is 5.69 Å². The van der Waals surface area contributed by atoms with E-state index in [0.29, 0.717) is 0 Å². The number of halogens is 1. The predicted molar refractivity (Wildman–Crippen MR) is 82.6 cm³/mol. The second-order valence-electron chi connectivity index (χ2n) is 4.91. The first kappa shape index (κ1) is 14.5. The van der Waals surface area contributed by atoms with Gasteiger partial charge in [0.2, 0.25) is 5.91 Å². The molecule has 0 radical (unpaired) electrons. The zero-order chi connectivity index (χ0) is 13.8. The van der Waals surface area contributed by atoms with Crippen LogP contribution < -0.4 is 10.2 Å². The average molecular weight is 325 g/mol. The molecule has 104 valence electrons. The van der Waals surface area contributed by atoms with E-state index in [-0.39, 0.29) is 11.9 Å². The van der Waals surface area contributed by atoms with Crippen molar-refractivity contribution in [2.24, 2.45) is 0 Å². The second-order valence-corrected chi connectivity index (χ2v) is 5.83. The number of anilines is 1. The van der Waals surface area contributed by atoms with E-state index in [1.54, 1.807) is 0 Å². The minimum Gasteiger partial charge on any atom is -0.311 e. The number of rotatable bonds is 5. The number of nitrogens with zero attached hydrogens (tertiary/aromatic N) is 1. The van der Waals surface area contributed by atoms with Crippen LogP contribution in [-0.4, -0.2) is 25.0 Å². The van der Waals surface area contributed by atoms with Crippen LogP contribution in [0.15, 0.2) is 22.7 Å². The van der Waals surface area contributed by atoms with Gasteiger partial charge in [0.15, 0.2) is 0 Å². The molecule has 0 bridgehead atoms. The van der Waals surface area contributed by atoms with Crippen molar-refractivity contribution in [2.75, 3.05) is 18.0 Å². The van der Waals surface area contributed by atoms with Gasteiger partial charge in [-0.3, -0.25) is 4.79 Å². The summed E-state index contributed by atoms with van der Waals surface area (Å²) >= 11 is 3.49. The Labute approximate surface area is 123 Å². The Morgan fingerprint density at radius 2 is 2.21 bits per heavy atom. The molecule has 1 atom stereocenters. The van der Waals surface area contributed by atoms with Crippen LogP contribution in [0.2, 0.25) is 0 Å². The molecule has 1 heterocycles. The van der Waals surface area contributed by atoms with E-state index in [9.17, 15) is 4.79 Å². The molecule has 1 aromatic carbocycles. The standard InChI is InChI=1S/C15H21BrN2O/c1-3-8-17-13-7-9-18(15(13)19)14-6-5-12(16)10-11(14)4-2/h5-6,10,13,17H,3-4,7-9H2,1-2H3. The summed E-state index contributed by atoms with van der Waals surface area (Å²) in [7, 11) is 0. The Bertz CT molecular complexity index is 461. The van der Waals surface area contributed by atoms with Gasteiger partial charge in [-0.15, -0.1) is 0 Å². The van der Waals surface area contributed by atoms with E-state index >= 15 is 0 Å². The monoisotopic (exact) mass is 324 g/mol. The number of nitrogens with one attached hydrogen (secondary N) is 1. The van der Waals surface area contributed by atoms with Gasteiger partial charge in [0.1, 0.15) is 0 Å². The number of carbonyl (C=O) groups excluding carboxylic acids is 1. The first-order valence-electron chi connectivity index (χ1n) is 7.00. The summed E-state index contributed by atoms with van der Waals surface area (Å²) in [6.07, 6.45) is 2.89. The second kappa shape index (κ2) is 6.53. The third kappa shape index (κ3) is 3.18. The zero-order valence-electron chi connectivity index (χ0n) is 11.6. The Hall–Kier alpha value is -0.870. The predicted octanol–water partition coefficient (Wildman–Crippen LogP) is 3.12. The minimum atomic E-state index is -0.00620. The molecule has 1 aliphatic heterocycles. The smallest absolute Gasteiger partial charge is 0.244 e. The molecule has 1 aromatic rings. The van der Waals surface area contributed by atoms with Crippen molar-refractivity contribution in [2.45, 2.75) is 39.2 Å². The van der Waals surface area contributed by atoms with Crippen molar-refractivity contribution in [3.63, 3.8) is 0 Å². The van der Waals surface area contributed by atoms with Crippen molar-refractivity contribution >= 4 is 27.5 Å². The van der Waals surface area contributed by atoms with Crippen LogP contribution >= 0.6 is 15.9 Å². The van der Waals surface area contributed by atoms with Crippen LogP contribution in [0.1, 0.15) is 32.3 Å². The van der Waals surface area contributed by atoms with Crippen LogP contribution in [0, 0.1) is 0 Å². The number of hydrogen-bond donors (Lipinski definition) is 1. The van der Waals surface area contributed by atoms with Crippen LogP contribution in [-0.2, 0) is 11.2 Å². The highest BCUT2D eigenvalue weighted by Crippen LogP contribution is 2.28. The summed E-state index contributed by atoms with van der Waals surface area (Å²) in [6.45, 7) is 5.97. The molecule has 1 saturated heterocycles. The average Bonchev–Trinajstić information content (AvgIpc) is 2.77. The van der Waals surface area contributed by atoms with Gasteiger partial charge in [-0.1, -0.05) is 29.8 Å². The Morgan fingerprint density at radius 3 is 2.89 bits per heavy atom. The lowest BCUT2D eigenvalue weighted by atomic mass is 10.1. The fraction of sp³-hybridized carbons (Fsp3) is 0.533. The molecular formula is C15H21BrN2O. The summed E-state index contributed by atoms with van der Waals surface area (Å²) < 4.78 is 1.07. The molecular weight excluding hydrogens is 304 g/mol. The quantitative estimate of drug-likeness (QED) is 0.902. The molecule has 1 N–H and O–H groups in total. The van der Waals surface area contributed by atoms with Crippen LogP contribution in [0.25, 0.3) is 0 Å². The topological polar surface area (TPSA) is 32.3 Å². The highest BCUT2D eigenvalue weighted by molar-refractivity contribution is 9.10. The maximum atomic E-state index is 12.4. The third-order valence-electron chi connectivity index (χ3n) is 3.56. The molecule has 3 nitrogen and oxygen atoms in total. The van der Waals surface area contributed by atoms with Crippen molar-refractivity contribution in [1.29, 1.82) is 0 Å². The van der Waals surface area contributed by atoms with E-state index in [4.69, 9.17) is 0 Å². The Kier molecular flexibility index (Phi) is 4.99. The van der Waals surface area contributed by atoms with E-state index in [2.05, 4.69) is 41.2 Å². The molecule has 0 saturated carbocycles. The Morgan fingerprint density at radius 1 is 1.42 bits per heavy atom. The normalized spacial score (nSPS) is 19.2. The first-order chi connectivity index (χ1) is 9.17. The number of benzene rings is 1. The lowest BCUT2D eigenvalue weighted by Gasteiger charge is -2.20. The van der Waals surface area contributed by atoms with Gasteiger partial charge >= 0.3 is 0 Å². The lowest BCUT2D eigenvalue weighted by molar-refractivity contribution is -0.118. The summed E-state index contributed by atoms with van der Waals surface area (Å²) in [5.74, 6) is 0.213. The molecule has 0 aliphatic carbocycles. The highest BCUT2D eigenvalue weighted by atomic mass is 79.9. The van der Waals surface area contributed by atoms with Crippen molar-refractivity contribution in [1.82, 2.24) is 5.32 Å². The van der Waals surface area contributed by atoms with E-state index < -0.39 is 0 Å². The van der Waals surface area contributed by atoms with E-state index in [0.717, 1.165) is 42.5 Å².